The van der Waals surface area contributed by atoms with Gasteiger partial charge in [-0.25, -0.2) is 9.59 Å². The zero-order chi connectivity index (χ0) is 18.7. The van der Waals surface area contributed by atoms with Gasteiger partial charge in [0.1, 0.15) is 0 Å². The summed E-state index contributed by atoms with van der Waals surface area (Å²) in [6.45, 7) is 4.06. The lowest BCUT2D eigenvalue weighted by Gasteiger charge is -2.14. The molecule has 0 aromatic heterocycles. The Morgan fingerprint density at radius 3 is 2.25 bits per heavy atom. The number of carbonyl (C=O) groups is 3. The quantitative estimate of drug-likeness (QED) is 0.479. The Bertz CT molecular complexity index is 563. The van der Waals surface area contributed by atoms with Crippen molar-refractivity contribution in [3.8, 4) is 0 Å². The highest BCUT2D eigenvalue weighted by Crippen LogP contribution is 2.19. The predicted octanol–water partition coefficient (Wildman–Crippen LogP) is 1.10. The summed E-state index contributed by atoms with van der Waals surface area (Å²) in [6, 6.07) is 5.31. The second kappa shape index (κ2) is 11.4. The number of aryl methyl sites for hydroxylation is 1. The van der Waals surface area contributed by atoms with Gasteiger partial charge < -0.3 is 26.0 Å². The van der Waals surface area contributed by atoms with Crippen LogP contribution in [0.15, 0.2) is 18.2 Å². The number of aliphatic carboxylic acids is 2. The summed E-state index contributed by atoms with van der Waals surface area (Å²) in [5, 5.41) is 30.1. The summed E-state index contributed by atoms with van der Waals surface area (Å²) in [5.41, 5.74) is 1.67. The van der Waals surface area contributed by atoms with Crippen molar-refractivity contribution >= 4 is 35.1 Å². The van der Waals surface area contributed by atoms with E-state index in [0.29, 0.717) is 10.7 Å². The number of hydrogen-bond donors (Lipinski definition) is 5. The van der Waals surface area contributed by atoms with Gasteiger partial charge in [0.05, 0.1) is 13.2 Å². The molecule has 5 N–H and O–H groups in total. The van der Waals surface area contributed by atoms with Crippen LogP contribution in [0.2, 0.25) is 5.02 Å². The van der Waals surface area contributed by atoms with E-state index in [9.17, 15) is 4.79 Å². The van der Waals surface area contributed by atoms with E-state index in [1.54, 1.807) is 12.1 Å². The van der Waals surface area contributed by atoms with E-state index in [-0.39, 0.29) is 25.1 Å². The molecule has 0 aliphatic heterocycles. The number of carbonyl (C=O) groups excluding carboxylic acids is 1. The van der Waals surface area contributed by atoms with Crippen LogP contribution in [0.25, 0.3) is 0 Å². The topological polar surface area (TPSA) is 136 Å². The van der Waals surface area contributed by atoms with Crippen LogP contribution in [0.3, 0.4) is 0 Å². The standard InChI is InChI=1S/C13H19ClN2O2.C2H2O4/c1-3-11(8-17)15-7-13(18)16-12-6-10(14)5-4-9(12)2;3-1(4)2(5)6/h4-6,11,15,17H,3,7-8H2,1-2H3,(H,16,18);(H,3,4)(H,5,6). The van der Waals surface area contributed by atoms with Gasteiger partial charge in [-0.05, 0) is 31.0 Å². The number of rotatable bonds is 6. The van der Waals surface area contributed by atoms with Gasteiger partial charge in [0.2, 0.25) is 5.91 Å². The van der Waals surface area contributed by atoms with Crippen LogP contribution in [0, 0.1) is 6.92 Å². The van der Waals surface area contributed by atoms with Gasteiger partial charge in [-0.2, -0.15) is 0 Å². The number of aliphatic hydroxyl groups is 1. The Morgan fingerprint density at radius 2 is 1.79 bits per heavy atom. The van der Waals surface area contributed by atoms with Crippen molar-refractivity contribution < 1.29 is 29.7 Å². The van der Waals surface area contributed by atoms with Crippen LogP contribution in [0.4, 0.5) is 5.69 Å². The molecule has 1 aromatic rings. The third-order valence-corrected chi connectivity index (χ3v) is 3.16. The second-order valence-corrected chi connectivity index (χ2v) is 5.22. The minimum Gasteiger partial charge on any atom is -0.473 e. The van der Waals surface area contributed by atoms with E-state index in [1.165, 1.54) is 0 Å². The number of carboxylic acids is 2. The molecule has 0 fully saturated rings. The zero-order valence-electron chi connectivity index (χ0n) is 13.4. The molecule has 1 amide bonds. The molecule has 134 valence electrons. The van der Waals surface area contributed by atoms with Crippen LogP contribution >= 0.6 is 11.6 Å². The van der Waals surface area contributed by atoms with Crippen molar-refractivity contribution in [1.29, 1.82) is 0 Å². The van der Waals surface area contributed by atoms with Crippen molar-refractivity contribution in [2.45, 2.75) is 26.3 Å². The van der Waals surface area contributed by atoms with E-state index < -0.39 is 11.9 Å². The lowest BCUT2D eigenvalue weighted by Crippen LogP contribution is -2.38. The molecule has 0 saturated carbocycles. The van der Waals surface area contributed by atoms with Gasteiger partial charge in [0, 0.05) is 16.8 Å². The van der Waals surface area contributed by atoms with Crippen molar-refractivity contribution in [3.63, 3.8) is 0 Å². The summed E-state index contributed by atoms with van der Waals surface area (Å²) >= 11 is 5.87. The van der Waals surface area contributed by atoms with Crippen LogP contribution in [-0.4, -0.2) is 52.4 Å². The first-order valence-corrected chi connectivity index (χ1v) is 7.45. The molecule has 1 unspecified atom stereocenters. The van der Waals surface area contributed by atoms with E-state index in [4.69, 9.17) is 36.5 Å². The zero-order valence-corrected chi connectivity index (χ0v) is 14.1. The number of benzene rings is 1. The first kappa shape index (κ1) is 21.8. The first-order valence-electron chi connectivity index (χ1n) is 7.07. The van der Waals surface area contributed by atoms with E-state index >= 15 is 0 Å². The molecule has 0 heterocycles. The SMILES string of the molecule is CCC(CO)NCC(=O)Nc1cc(Cl)ccc1C.O=C(O)C(=O)O. The maximum atomic E-state index is 11.7. The Labute approximate surface area is 144 Å². The van der Waals surface area contributed by atoms with Crippen molar-refractivity contribution in [1.82, 2.24) is 5.32 Å². The highest BCUT2D eigenvalue weighted by molar-refractivity contribution is 6.31. The first-order chi connectivity index (χ1) is 11.2. The molecule has 8 nitrogen and oxygen atoms in total. The van der Waals surface area contributed by atoms with E-state index in [1.807, 2.05) is 19.9 Å². The fourth-order valence-corrected chi connectivity index (χ4v) is 1.67. The minimum atomic E-state index is -1.82. The van der Waals surface area contributed by atoms with Gasteiger partial charge >= 0.3 is 11.9 Å². The molecule has 1 aromatic carbocycles. The van der Waals surface area contributed by atoms with E-state index in [0.717, 1.165) is 12.0 Å². The lowest BCUT2D eigenvalue weighted by atomic mass is 10.2. The molecular weight excluding hydrogens is 340 g/mol. The highest BCUT2D eigenvalue weighted by Gasteiger charge is 2.08. The minimum absolute atomic E-state index is 0.0278. The van der Waals surface area contributed by atoms with Gasteiger partial charge in [-0.15, -0.1) is 0 Å². The second-order valence-electron chi connectivity index (χ2n) is 4.79. The Balaban J connectivity index is 0.000000754. The molecule has 1 atom stereocenters. The van der Waals surface area contributed by atoms with Crippen LogP contribution in [0.1, 0.15) is 18.9 Å². The van der Waals surface area contributed by atoms with Gasteiger partial charge in [0.15, 0.2) is 0 Å². The number of amides is 1. The molecule has 0 spiro atoms. The molecule has 24 heavy (non-hydrogen) atoms. The Morgan fingerprint density at radius 1 is 1.21 bits per heavy atom. The summed E-state index contributed by atoms with van der Waals surface area (Å²) in [6.07, 6.45) is 0.778. The Hall–Kier alpha value is -2.16. The maximum Gasteiger partial charge on any atom is 0.414 e. The van der Waals surface area contributed by atoms with Gasteiger partial charge in [-0.3, -0.25) is 4.79 Å². The number of aliphatic hydroxyl groups excluding tert-OH is 1. The van der Waals surface area contributed by atoms with E-state index in [2.05, 4.69) is 10.6 Å². The summed E-state index contributed by atoms with van der Waals surface area (Å²) in [7, 11) is 0. The molecular formula is C15H21ClN2O6. The third kappa shape index (κ3) is 9.09. The number of nitrogens with one attached hydrogen (secondary N) is 2. The average molecular weight is 361 g/mol. The van der Waals surface area contributed by atoms with Crippen molar-refractivity contribution in [2.75, 3.05) is 18.5 Å². The maximum absolute atomic E-state index is 11.7. The fourth-order valence-electron chi connectivity index (χ4n) is 1.50. The highest BCUT2D eigenvalue weighted by atomic mass is 35.5. The lowest BCUT2D eigenvalue weighted by molar-refractivity contribution is -0.159. The fraction of sp³-hybridized carbons (Fsp3) is 0.400. The van der Waals surface area contributed by atoms with Gasteiger partial charge in [-0.1, -0.05) is 24.6 Å². The predicted molar refractivity (Wildman–Crippen MR) is 89.3 cm³/mol. The summed E-state index contributed by atoms with van der Waals surface area (Å²) in [5.74, 6) is -3.79. The monoisotopic (exact) mass is 360 g/mol. The molecule has 9 heteroatoms. The van der Waals surface area contributed by atoms with Crippen LogP contribution < -0.4 is 10.6 Å². The van der Waals surface area contributed by atoms with Crippen LogP contribution in [-0.2, 0) is 14.4 Å². The Kier molecular flexibility index (Phi) is 10.4. The summed E-state index contributed by atoms with van der Waals surface area (Å²) in [4.78, 5) is 29.9. The van der Waals surface area contributed by atoms with Crippen LogP contribution in [0.5, 0.6) is 0 Å². The molecule has 0 saturated heterocycles. The number of carboxylic acid groups (broad SMARTS) is 2. The normalized spacial score (nSPS) is 11.0. The molecule has 0 radical (unpaired) electrons. The summed E-state index contributed by atoms with van der Waals surface area (Å²) < 4.78 is 0. The third-order valence-electron chi connectivity index (χ3n) is 2.92. The molecule has 0 aliphatic carbocycles. The van der Waals surface area contributed by atoms with Crippen molar-refractivity contribution in [2.24, 2.45) is 0 Å². The molecule has 0 aliphatic rings. The molecule has 1 rings (SSSR count). The van der Waals surface area contributed by atoms with Gasteiger partial charge in [0.25, 0.3) is 0 Å². The molecule has 0 bridgehead atoms. The van der Waals surface area contributed by atoms with Crippen molar-refractivity contribution in [3.05, 3.63) is 28.8 Å². The smallest absolute Gasteiger partial charge is 0.414 e. The largest absolute Gasteiger partial charge is 0.473 e. The number of hydrogen-bond acceptors (Lipinski definition) is 5. The number of anilines is 1. The number of halogens is 1. The average Bonchev–Trinajstić information content (AvgIpc) is 2.52.